The van der Waals surface area contributed by atoms with E-state index in [9.17, 15) is 39.8 Å². The molecule has 0 bridgehead atoms. The third kappa shape index (κ3) is 10.0. The Labute approximate surface area is 293 Å². The zero-order valence-corrected chi connectivity index (χ0v) is 28.1. The fourth-order valence-corrected chi connectivity index (χ4v) is 6.64. The second-order valence-electron chi connectivity index (χ2n) is 13.4. The van der Waals surface area contributed by atoms with E-state index >= 15 is 0 Å². The van der Waals surface area contributed by atoms with Gasteiger partial charge in [-0.1, -0.05) is 0 Å². The summed E-state index contributed by atoms with van der Waals surface area (Å²) in [6.07, 6.45) is -20.6. The lowest BCUT2D eigenvalue weighted by Crippen LogP contribution is -2.67. The van der Waals surface area contributed by atoms with E-state index in [2.05, 4.69) is 10.6 Å². The minimum absolute atomic E-state index is 0.0785. The first kappa shape index (κ1) is 42.4. The average Bonchev–Trinajstić information content (AvgIpc) is 3.41. The maximum Gasteiger partial charge on any atom is 0.252 e. The van der Waals surface area contributed by atoms with Crippen molar-refractivity contribution in [2.45, 2.75) is 136 Å². The van der Waals surface area contributed by atoms with Crippen LogP contribution in [0.2, 0.25) is 0 Å². The first-order chi connectivity index (χ1) is 24.3. The molecule has 1 amide bonds. The number of aliphatic hydroxyl groups is 7. The van der Waals surface area contributed by atoms with Gasteiger partial charge in [0, 0.05) is 32.2 Å². The Morgan fingerprint density at radius 3 is 2.14 bits per heavy atom. The van der Waals surface area contributed by atoms with Crippen molar-refractivity contribution in [3.63, 3.8) is 0 Å². The molecule has 0 aromatic carbocycles. The van der Waals surface area contributed by atoms with Crippen LogP contribution in [-0.2, 0) is 33.2 Å². The second-order valence-corrected chi connectivity index (χ2v) is 13.4. The molecule has 51 heavy (non-hydrogen) atoms. The van der Waals surface area contributed by atoms with Gasteiger partial charge in [-0.25, -0.2) is 4.39 Å². The van der Waals surface area contributed by atoms with Crippen molar-refractivity contribution >= 4 is 5.91 Å². The quantitative estimate of drug-likeness (QED) is 0.0652. The minimum atomic E-state index is -2.15. The number of ether oxygens (including phenoxy) is 6. The van der Waals surface area contributed by atoms with Crippen molar-refractivity contribution in [1.82, 2.24) is 10.6 Å². The number of rotatable bonds is 16. The molecule has 3 saturated heterocycles. The lowest BCUT2D eigenvalue weighted by Gasteiger charge is -2.46. The van der Waals surface area contributed by atoms with Crippen LogP contribution in [-0.4, -0.2) is 197 Å². The molecule has 1 aliphatic carbocycles. The molecule has 19 atom stereocenters. The van der Waals surface area contributed by atoms with Crippen LogP contribution in [0.25, 0.3) is 0 Å². The number of amides is 1. The summed E-state index contributed by atoms with van der Waals surface area (Å²) in [5, 5.41) is 78.2. The molecule has 298 valence electrons. The highest BCUT2D eigenvalue weighted by atomic mass is 19.1. The molecule has 0 aromatic heterocycles. The van der Waals surface area contributed by atoms with Gasteiger partial charge in [0.25, 0.3) is 5.91 Å². The van der Waals surface area contributed by atoms with E-state index in [0.29, 0.717) is 25.9 Å². The number of alkyl halides is 1. The van der Waals surface area contributed by atoms with E-state index in [1.807, 2.05) is 0 Å². The Hall–Kier alpha value is -1.36. The normalized spacial score (nSPS) is 44.6. The summed E-state index contributed by atoms with van der Waals surface area (Å²) in [6, 6.07) is -4.18. The summed E-state index contributed by atoms with van der Waals surface area (Å²) in [6.45, 7) is -0.918. The molecular formula is C29H56FN7O14. The average molecular weight is 746 g/mol. The summed E-state index contributed by atoms with van der Waals surface area (Å²) in [7, 11) is 0. The summed E-state index contributed by atoms with van der Waals surface area (Å²) < 4.78 is 49.7. The fraction of sp³-hybridized carbons (Fsp3) is 0.966. The zero-order chi connectivity index (χ0) is 37.6. The van der Waals surface area contributed by atoms with Gasteiger partial charge in [-0.15, -0.1) is 0 Å². The summed E-state index contributed by atoms with van der Waals surface area (Å²) >= 11 is 0. The topological polar surface area (TPSA) is 368 Å². The maximum atomic E-state index is 14.0. The summed E-state index contributed by atoms with van der Waals surface area (Å²) in [5.74, 6) is -1.17. The van der Waals surface area contributed by atoms with Gasteiger partial charge >= 0.3 is 0 Å². The Morgan fingerprint density at radius 2 is 1.49 bits per heavy atom. The van der Waals surface area contributed by atoms with E-state index in [0.717, 1.165) is 0 Å². The van der Waals surface area contributed by atoms with Crippen molar-refractivity contribution in [3.8, 4) is 0 Å². The number of hydrogen-bond donors (Lipinski definition) is 14. The van der Waals surface area contributed by atoms with E-state index in [1.54, 1.807) is 0 Å². The molecule has 3 aliphatic heterocycles. The first-order valence-corrected chi connectivity index (χ1v) is 17.1. The summed E-state index contributed by atoms with van der Waals surface area (Å²) in [5.41, 5.74) is 29.8. The third-order valence-corrected chi connectivity index (χ3v) is 9.67. The number of nitrogens with one attached hydrogen (secondary N) is 2. The number of hydrogen-bond acceptors (Lipinski definition) is 20. The number of carbonyl (C=O) groups is 1. The highest BCUT2D eigenvalue weighted by Crippen LogP contribution is 2.34. The Morgan fingerprint density at radius 1 is 0.824 bits per heavy atom. The molecule has 0 aromatic rings. The lowest BCUT2D eigenvalue weighted by atomic mass is 9.83. The van der Waals surface area contributed by atoms with Crippen molar-refractivity contribution in [2.24, 2.45) is 28.7 Å². The predicted octanol–water partition coefficient (Wildman–Crippen LogP) is -8.40. The summed E-state index contributed by atoms with van der Waals surface area (Å²) in [4.78, 5) is 12.7. The molecule has 0 spiro atoms. The smallest absolute Gasteiger partial charge is 0.252 e. The van der Waals surface area contributed by atoms with Gasteiger partial charge < -0.3 is 103 Å². The van der Waals surface area contributed by atoms with Crippen LogP contribution >= 0.6 is 0 Å². The van der Waals surface area contributed by atoms with Crippen LogP contribution in [0.15, 0.2) is 0 Å². The van der Waals surface area contributed by atoms with Gasteiger partial charge in [0.15, 0.2) is 25.0 Å². The molecule has 4 rings (SSSR count). The number of nitrogens with two attached hydrogens (primary N) is 5. The Balaban J connectivity index is 1.55. The molecule has 22 heteroatoms. The van der Waals surface area contributed by atoms with Crippen LogP contribution < -0.4 is 39.3 Å². The number of carbonyl (C=O) groups excluding carboxylic acids is 1. The fourth-order valence-electron chi connectivity index (χ4n) is 6.64. The SMILES string of the molecule is NC[C@@H](F)[C@H](O)C(=O)N[C@@H]1C[C@H](N)[C@@H](O[C@H]2O[C@H](CNCCO)CC[C@H]2N)[C@H](O[C@@H]2O[C@H](CO)[C@@H](O[C@H]3O[C@@H](CN)[C@@H](O)[C@H](O)[C@H]3N)[C@H]2O)[C@H]1O. The van der Waals surface area contributed by atoms with Crippen molar-refractivity contribution in [2.75, 3.05) is 39.4 Å². The van der Waals surface area contributed by atoms with E-state index in [4.69, 9.17) is 62.2 Å². The van der Waals surface area contributed by atoms with Gasteiger partial charge in [0.05, 0.1) is 37.4 Å². The van der Waals surface area contributed by atoms with Crippen molar-refractivity contribution < 1.29 is 73.4 Å². The monoisotopic (exact) mass is 745 g/mol. The molecule has 3 heterocycles. The molecule has 1 saturated carbocycles. The number of aliphatic hydroxyl groups excluding tert-OH is 7. The molecule has 4 aliphatic rings. The standard InChI is InChI=1S/C29H56FN7O14/c30-11(6-31)18(40)26(45)37-14-5-13(34)23(49-27-12(33)2-1-10(46-27)8-36-3-4-38)25(19(14)41)51-29-22(44)24(16(9-39)48-29)50-28-17(35)21(43)20(42)15(7-32)47-28/h10-25,27-29,36,38-44H,1-9,31-35H2,(H,37,45)/t10-,11+,12+,13-,14+,15-,16+,17+,18-,19-,20+,21+,22+,23+,24+,25+,27+,28+,29-/m0/s1. The second kappa shape index (κ2) is 19.3. The molecule has 19 N–H and O–H groups in total. The van der Waals surface area contributed by atoms with Crippen molar-refractivity contribution in [1.29, 1.82) is 0 Å². The van der Waals surface area contributed by atoms with Crippen LogP contribution in [0, 0.1) is 0 Å². The third-order valence-electron chi connectivity index (χ3n) is 9.67. The predicted molar refractivity (Wildman–Crippen MR) is 170 cm³/mol. The molecule has 4 fully saturated rings. The van der Waals surface area contributed by atoms with Crippen molar-refractivity contribution in [3.05, 3.63) is 0 Å². The minimum Gasteiger partial charge on any atom is -0.395 e. The highest BCUT2D eigenvalue weighted by Gasteiger charge is 2.54. The highest BCUT2D eigenvalue weighted by molar-refractivity contribution is 5.81. The van der Waals surface area contributed by atoms with E-state index in [1.165, 1.54) is 0 Å². The first-order valence-electron chi connectivity index (χ1n) is 17.1. The van der Waals surface area contributed by atoms with Crippen LogP contribution in [0.3, 0.4) is 0 Å². The van der Waals surface area contributed by atoms with Gasteiger partial charge in [0.2, 0.25) is 0 Å². The van der Waals surface area contributed by atoms with Crippen LogP contribution in [0.4, 0.5) is 4.39 Å². The lowest BCUT2D eigenvalue weighted by molar-refractivity contribution is -0.290. The molecular weight excluding hydrogens is 689 g/mol. The molecule has 0 unspecified atom stereocenters. The Bertz CT molecular complexity index is 1080. The van der Waals surface area contributed by atoms with Crippen LogP contribution in [0.1, 0.15) is 19.3 Å². The molecule has 21 nitrogen and oxygen atoms in total. The maximum absolute atomic E-state index is 14.0. The Kier molecular flexibility index (Phi) is 16.0. The van der Waals surface area contributed by atoms with Crippen LogP contribution in [0.5, 0.6) is 0 Å². The van der Waals surface area contributed by atoms with E-state index in [-0.39, 0.29) is 25.7 Å². The number of halogens is 1. The van der Waals surface area contributed by atoms with E-state index < -0.39 is 129 Å². The van der Waals surface area contributed by atoms with Gasteiger partial charge in [0.1, 0.15) is 61.1 Å². The van der Waals surface area contributed by atoms with Gasteiger partial charge in [-0.3, -0.25) is 4.79 Å². The zero-order valence-electron chi connectivity index (χ0n) is 28.1. The largest absolute Gasteiger partial charge is 0.395 e. The molecule has 0 radical (unpaired) electrons. The van der Waals surface area contributed by atoms with Gasteiger partial charge in [-0.2, -0.15) is 0 Å². The van der Waals surface area contributed by atoms with Gasteiger partial charge in [-0.05, 0) is 19.3 Å².